The van der Waals surface area contributed by atoms with Gasteiger partial charge in [0.05, 0.1) is 5.52 Å². The average Bonchev–Trinajstić information content (AvgIpc) is 2.94. The summed E-state index contributed by atoms with van der Waals surface area (Å²) in [7, 11) is 0. The summed E-state index contributed by atoms with van der Waals surface area (Å²) in [6, 6.07) is 6.05. The molecule has 1 aromatic heterocycles. The lowest BCUT2D eigenvalue weighted by Crippen LogP contribution is -2.39. The average molecular weight is 326 g/mol. The quantitative estimate of drug-likeness (QED) is 0.805. The summed E-state index contributed by atoms with van der Waals surface area (Å²) in [6.07, 6.45) is 4.90. The van der Waals surface area contributed by atoms with Gasteiger partial charge in [0, 0.05) is 30.2 Å². The molecule has 24 heavy (non-hydrogen) atoms. The summed E-state index contributed by atoms with van der Waals surface area (Å²) in [6.45, 7) is 7.95. The van der Waals surface area contributed by atoms with E-state index in [1.165, 1.54) is 5.56 Å². The number of hydrogen-bond acceptors (Lipinski definition) is 2. The molecular formula is C20H26N2O2. The van der Waals surface area contributed by atoms with Gasteiger partial charge in [-0.05, 0) is 37.7 Å². The zero-order valence-electron chi connectivity index (χ0n) is 14.8. The lowest BCUT2D eigenvalue weighted by Gasteiger charge is -2.30. The molecule has 1 fully saturated rings. The highest BCUT2D eigenvalue weighted by molar-refractivity contribution is 6.07. The van der Waals surface area contributed by atoms with E-state index >= 15 is 0 Å². The van der Waals surface area contributed by atoms with E-state index in [-0.39, 0.29) is 11.7 Å². The number of nitrogens with zero attached hydrogens (tertiary/aromatic N) is 2. The minimum Gasteiger partial charge on any atom is -0.341 e. The topological polar surface area (TPSA) is 42.3 Å². The van der Waals surface area contributed by atoms with Gasteiger partial charge in [0.15, 0.2) is 5.78 Å². The van der Waals surface area contributed by atoms with E-state index in [1.807, 2.05) is 27.8 Å². The Hall–Kier alpha value is -2.10. The highest BCUT2D eigenvalue weighted by Crippen LogP contribution is 2.26. The number of rotatable bonds is 4. The largest absolute Gasteiger partial charge is 0.341 e. The molecule has 0 radical (unpaired) electrons. The molecule has 0 unspecified atom stereocenters. The molecule has 0 atom stereocenters. The fraction of sp³-hybridized carbons (Fsp3) is 0.500. The number of aryl methyl sites for hydroxylation is 1. The molecule has 1 saturated heterocycles. The number of piperidine rings is 1. The summed E-state index contributed by atoms with van der Waals surface area (Å²) >= 11 is 0. The Labute approximate surface area is 143 Å². The number of amides is 1. The molecule has 4 nitrogen and oxygen atoms in total. The van der Waals surface area contributed by atoms with E-state index in [1.54, 1.807) is 6.92 Å². The van der Waals surface area contributed by atoms with E-state index in [0.717, 1.165) is 43.3 Å². The van der Waals surface area contributed by atoms with Gasteiger partial charge in [0.1, 0.15) is 6.54 Å². The second-order valence-electron chi connectivity index (χ2n) is 6.96. The first-order valence-electron chi connectivity index (χ1n) is 8.90. The number of hydrogen-bond donors (Lipinski definition) is 0. The van der Waals surface area contributed by atoms with Crippen LogP contribution in [-0.2, 0) is 17.8 Å². The van der Waals surface area contributed by atoms with Crippen molar-refractivity contribution < 1.29 is 9.59 Å². The zero-order valence-corrected chi connectivity index (χ0v) is 14.8. The molecule has 2 aromatic rings. The van der Waals surface area contributed by atoms with Crippen LogP contribution in [0, 0.1) is 5.92 Å². The van der Waals surface area contributed by atoms with Gasteiger partial charge < -0.3 is 9.47 Å². The van der Waals surface area contributed by atoms with Crippen LogP contribution in [-0.4, -0.2) is 34.2 Å². The van der Waals surface area contributed by atoms with Gasteiger partial charge in [-0.15, -0.1) is 0 Å². The molecule has 3 rings (SSSR count). The van der Waals surface area contributed by atoms with Gasteiger partial charge in [-0.1, -0.05) is 32.0 Å². The molecule has 2 heterocycles. The highest BCUT2D eigenvalue weighted by Gasteiger charge is 2.22. The Balaban J connectivity index is 1.94. The van der Waals surface area contributed by atoms with Crippen LogP contribution in [0.5, 0.6) is 0 Å². The Morgan fingerprint density at radius 3 is 2.54 bits per heavy atom. The lowest BCUT2D eigenvalue weighted by molar-refractivity contribution is -0.133. The summed E-state index contributed by atoms with van der Waals surface area (Å²) < 4.78 is 1.98. The van der Waals surface area contributed by atoms with Gasteiger partial charge >= 0.3 is 0 Å². The first-order chi connectivity index (χ1) is 11.5. The predicted molar refractivity (Wildman–Crippen MR) is 96.3 cm³/mol. The number of fused-ring (bicyclic) bond motifs is 1. The van der Waals surface area contributed by atoms with E-state index in [9.17, 15) is 9.59 Å². The zero-order chi connectivity index (χ0) is 17.3. The normalized spacial score (nSPS) is 15.9. The third-order valence-corrected chi connectivity index (χ3v) is 5.18. The molecule has 1 aliphatic rings. The number of Topliss-reactive ketones (excluding diaryl/α,β-unsaturated/α-hetero) is 1. The van der Waals surface area contributed by atoms with E-state index in [4.69, 9.17) is 0 Å². The summed E-state index contributed by atoms with van der Waals surface area (Å²) in [4.78, 5) is 26.7. The maximum absolute atomic E-state index is 12.7. The Kier molecular flexibility index (Phi) is 4.74. The smallest absolute Gasteiger partial charge is 0.242 e. The first kappa shape index (κ1) is 16.7. The number of para-hydroxylation sites is 1. The van der Waals surface area contributed by atoms with Crippen LogP contribution < -0.4 is 0 Å². The van der Waals surface area contributed by atoms with E-state index in [2.05, 4.69) is 19.9 Å². The predicted octanol–water partition coefficient (Wildman–Crippen LogP) is 3.66. The SMILES string of the molecule is CCc1cccc2c(C(C)=O)cn(CC(=O)N3CCC(C)CC3)c12. The molecule has 1 aliphatic heterocycles. The summed E-state index contributed by atoms with van der Waals surface area (Å²) in [5, 5.41) is 0.960. The van der Waals surface area contributed by atoms with Crippen molar-refractivity contribution in [3.8, 4) is 0 Å². The van der Waals surface area contributed by atoms with Crippen molar-refractivity contribution in [1.29, 1.82) is 0 Å². The van der Waals surface area contributed by atoms with Gasteiger partial charge in [0.2, 0.25) is 5.91 Å². The van der Waals surface area contributed by atoms with Crippen molar-refractivity contribution in [3.05, 3.63) is 35.5 Å². The fourth-order valence-electron chi connectivity index (χ4n) is 3.63. The van der Waals surface area contributed by atoms with Crippen molar-refractivity contribution in [2.24, 2.45) is 5.92 Å². The van der Waals surface area contributed by atoms with Gasteiger partial charge in [-0.3, -0.25) is 9.59 Å². The number of carbonyl (C=O) groups is 2. The molecule has 0 saturated carbocycles. The molecule has 0 N–H and O–H groups in total. The molecule has 0 spiro atoms. The third kappa shape index (κ3) is 3.10. The maximum Gasteiger partial charge on any atom is 0.242 e. The number of benzene rings is 1. The Morgan fingerprint density at radius 2 is 1.92 bits per heavy atom. The highest BCUT2D eigenvalue weighted by atomic mass is 16.2. The Bertz CT molecular complexity index is 767. The molecular weight excluding hydrogens is 300 g/mol. The second kappa shape index (κ2) is 6.80. The van der Waals surface area contributed by atoms with Crippen LogP contribution in [0.2, 0.25) is 0 Å². The first-order valence-corrected chi connectivity index (χ1v) is 8.90. The molecule has 0 aliphatic carbocycles. The standard InChI is InChI=1S/C20H26N2O2/c1-4-16-6-5-7-17-18(15(3)23)12-22(20(16)17)13-19(24)21-10-8-14(2)9-11-21/h5-7,12,14H,4,8-11,13H2,1-3H3. The van der Waals surface area contributed by atoms with Gasteiger partial charge in [-0.2, -0.15) is 0 Å². The van der Waals surface area contributed by atoms with Crippen molar-refractivity contribution in [2.45, 2.75) is 46.6 Å². The molecule has 1 aromatic carbocycles. The minimum atomic E-state index is 0.0475. The molecule has 1 amide bonds. The monoisotopic (exact) mass is 326 g/mol. The number of ketones is 1. The summed E-state index contributed by atoms with van der Waals surface area (Å²) in [5.74, 6) is 0.906. The molecule has 4 heteroatoms. The van der Waals surface area contributed by atoms with Crippen LogP contribution in [0.15, 0.2) is 24.4 Å². The fourth-order valence-corrected chi connectivity index (χ4v) is 3.63. The van der Waals surface area contributed by atoms with Crippen molar-refractivity contribution in [2.75, 3.05) is 13.1 Å². The number of aromatic nitrogens is 1. The molecule has 128 valence electrons. The van der Waals surface area contributed by atoms with Crippen molar-refractivity contribution in [1.82, 2.24) is 9.47 Å². The van der Waals surface area contributed by atoms with E-state index in [0.29, 0.717) is 18.0 Å². The third-order valence-electron chi connectivity index (χ3n) is 5.18. The van der Waals surface area contributed by atoms with Crippen LogP contribution in [0.25, 0.3) is 10.9 Å². The van der Waals surface area contributed by atoms with Crippen LogP contribution >= 0.6 is 0 Å². The van der Waals surface area contributed by atoms with Gasteiger partial charge in [0.25, 0.3) is 0 Å². The molecule has 0 bridgehead atoms. The lowest BCUT2D eigenvalue weighted by atomic mass is 9.99. The number of likely N-dealkylation sites (tertiary alicyclic amines) is 1. The van der Waals surface area contributed by atoms with Crippen LogP contribution in [0.4, 0.5) is 0 Å². The Morgan fingerprint density at radius 1 is 1.21 bits per heavy atom. The maximum atomic E-state index is 12.7. The van der Waals surface area contributed by atoms with Gasteiger partial charge in [-0.25, -0.2) is 0 Å². The van der Waals surface area contributed by atoms with Crippen molar-refractivity contribution in [3.63, 3.8) is 0 Å². The van der Waals surface area contributed by atoms with Crippen LogP contribution in [0.1, 0.15) is 49.5 Å². The van der Waals surface area contributed by atoms with Crippen LogP contribution in [0.3, 0.4) is 0 Å². The summed E-state index contributed by atoms with van der Waals surface area (Å²) in [5.41, 5.74) is 2.92. The minimum absolute atomic E-state index is 0.0475. The second-order valence-corrected chi connectivity index (χ2v) is 6.96. The van der Waals surface area contributed by atoms with E-state index < -0.39 is 0 Å². The number of carbonyl (C=O) groups excluding carboxylic acids is 2. The van der Waals surface area contributed by atoms with Crippen molar-refractivity contribution >= 4 is 22.6 Å².